The molecule has 0 saturated heterocycles. The van der Waals surface area contributed by atoms with Crippen molar-refractivity contribution in [3.8, 4) is 0 Å². The number of esters is 1. The zero-order valence-corrected chi connectivity index (χ0v) is 17.1. The number of Topliss-reactive ketones (excluding diaryl/α,β-unsaturated/α-hetero) is 1. The number of amides is 2. The normalized spacial score (nSPS) is 11.0. The van der Waals surface area contributed by atoms with Crippen LogP contribution < -0.4 is 5.32 Å². The second-order valence-corrected chi connectivity index (χ2v) is 6.92. The molecule has 7 nitrogen and oxygen atoms in total. The average molecular weight is 365 g/mol. The van der Waals surface area contributed by atoms with Crippen molar-refractivity contribution < 1.29 is 19.1 Å². The first-order chi connectivity index (χ1) is 12.1. The van der Waals surface area contributed by atoms with Gasteiger partial charge in [-0.25, -0.2) is 9.59 Å². The molecule has 1 rings (SSSR count). The second kappa shape index (κ2) is 8.87. The molecule has 0 aromatic carbocycles. The minimum atomic E-state index is -0.468. The van der Waals surface area contributed by atoms with Crippen molar-refractivity contribution in [2.45, 2.75) is 67.1 Å². The van der Waals surface area contributed by atoms with Crippen LogP contribution in [0.25, 0.3) is 0 Å². The lowest BCUT2D eigenvalue weighted by Gasteiger charge is -2.27. The number of aromatic nitrogens is 1. The summed E-state index contributed by atoms with van der Waals surface area (Å²) in [6, 6.07) is -0.428. The van der Waals surface area contributed by atoms with Crippen LogP contribution in [0, 0.1) is 13.8 Å². The van der Waals surface area contributed by atoms with E-state index in [1.807, 2.05) is 41.5 Å². The Hall–Kier alpha value is -2.31. The van der Waals surface area contributed by atoms with Gasteiger partial charge in [-0.15, -0.1) is 0 Å². The molecule has 1 heterocycles. The van der Waals surface area contributed by atoms with Crippen LogP contribution >= 0.6 is 0 Å². The van der Waals surface area contributed by atoms with Crippen molar-refractivity contribution in [3.63, 3.8) is 0 Å². The van der Waals surface area contributed by atoms with Crippen LogP contribution in [0.3, 0.4) is 0 Å². The number of hydrogen-bond donors (Lipinski definition) is 1. The van der Waals surface area contributed by atoms with E-state index in [2.05, 4.69) is 5.32 Å². The van der Waals surface area contributed by atoms with Crippen LogP contribution in [-0.2, 0) is 11.3 Å². The van der Waals surface area contributed by atoms with E-state index in [0.29, 0.717) is 29.1 Å². The monoisotopic (exact) mass is 365 g/mol. The van der Waals surface area contributed by atoms with Gasteiger partial charge in [0.25, 0.3) is 0 Å². The van der Waals surface area contributed by atoms with E-state index in [1.54, 1.807) is 11.5 Å². The van der Waals surface area contributed by atoms with Gasteiger partial charge in [-0.2, -0.15) is 0 Å². The smallest absolute Gasteiger partial charge is 0.354 e. The molecule has 26 heavy (non-hydrogen) atoms. The molecule has 0 atom stereocenters. The summed E-state index contributed by atoms with van der Waals surface area (Å²) in [5.74, 6) is -0.658. The molecular formula is C19H31N3O4. The Morgan fingerprint density at radius 3 is 2.15 bits per heavy atom. The van der Waals surface area contributed by atoms with Crippen molar-refractivity contribution in [1.29, 1.82) is 0 Å². The van der Waals surface area contributed by atoms with E-state index in [4.69, 9.17) is 4.74 Å². The molecule has 7 heteroatoms. The first kappa shape index (κ1) is 21.7. The molecule has 0 spiro atoms. The number of nitrogens with zero attached hydrogens (tertiary/aromatic N) is 2. The third-order valence-electron chi connectivity index (χ3n) is 4.35. The van der Waals surface area contributed by atoms with Gasteiger partial charge in [0.15, 0.2) is 5.78 Å². The molecular weight excluding hydrogens is 334 g/mol. The summed E-state index contributed by atoms with van der Waals surface area (Å²) in [6.07, 6.45) is 0. The molecule has 2 amide bonds. The number of carbonyl (C=O) groups excluding carboxylic acids is 3. The summed E-state index contributed by atoms with van der Waals surface area (Å²) in [4.78, 5) is 39.0. The topological polar surface area (TPSA) is 80.6 Å². The second-order valence-electron chi connectivity index (χ2n) is 6.92. The lowest BCUT2D eigenvalue weighted by molar-refractivity contribution is 0.0587. The predicted octanol–water partition coefficient (Wildman–Crippen LogP) is 2.92. The molecule has 0 bridgehead atoms. The number of ether oxygens (including phenoxy) is 1. The van der Waals surface area contributed by atoms with Crippen LogP contribution in [0.15, 0.2) is 0 Å². The van der Waals surface area contributed by atoms with E-state index in [-0.39, 0.29) is 30.4 Å². The molecule has 0 fully saturated rings. The minimum absolute atomic E-state index is 0.0190. The zero-order valence-electron chi connectivity index (χ0n) is 17.1. The van der Waals surface area contributed by atoms with E-state index in [9.17, 15) is 14.4 Å². The highest BCUT2D eigenvalue weighted by atomic mass is 16.5. The standard InChI is InChI=1S/C19H31N3O4/c1-9-21-14(7)16(13(6)17(21)18(24)26-8)15(23)10-22(12(4)5)19(25)20-11(2)3/h11-12H,9-10H2,1-8H3,(H,20,25). The Balaban J connectivity index is 3.26. The fraction of sp³-hybridized carbons (Fsp3) is 0.632. The number of rotatable bonds is 7. The quantitative estimate of drug-likeness (QED) is 0.595. The third kappa shape index (κ3) is 4.45. The number of nitrogens with one attached hydrogen (secondary N) is 1. The molecule has 0 aliphatic rings. The third-order valence-corrected chi connectivity index (χ3v) is 4.35. The molecule has 1 aromatic heterocycles. The van der Waals surface area contributed by atoms with Gasteiger partial charge in [-0.3, -0.25) is 4.79 Å². The van der Waals surface area contributed by atoms with Gasteiger partial charge in [0, 0.05) is 29.9 Å². The molecule has 0 saturated carbocycles. The average Bonchev–Trinajstić information content (AvgIpc) is 2.80. The Morgan fingerprint density at radius 1 is 1.15 bits per heavy atom. The van der Waals surface area contributed by atoms with Crippen molar-refractivity contribution in [3.05, 3.63) is 22.5 Å². The SMILES string of the molecule is CCn1c(C)c(C(=O)CN(C(=O)NC(C)C)C(C)C)c(C)c1C(=O)OC. The largest absolute Gasteiger partial charge is 0.464 e. The van der Waals surface area contributed by atoms with Crippen LogP contribution in [-0.4, -0.2) is 53.0 Å². The van der Waals surface area contributed by atoms with E-state index in [1.165, 1.54) is 12.0 Å². The first-order valence-electron chi connectivity index (χ1n) is 8.94. The highest BCUT2D eigenvalue weighted by molar-refractivity contribution is 6.04. The van der Waals surface area contributed by atoms with Gasteiger partial charge in [-0.1, -0.05) is 0 Å². The van der Waals surface area contributed by atoms with Crippen molar-refractivity contribution in [1.82, 2.24) is 14.8 Å². The zero-order chi connectivity index (χ0) is 20.2. The summed E-state index contributed by atoms with van der Waals surface area (Å²) >= 11 is 0. The van der Waals surface area contributed by atoms with Crippen LogP contribution in [0.4, 0.5) is 4.79 Å². The van der Waals surface area contributed by atoms with Crippen LogP contribution in [0.1, 0.15) is 66.7 Å². The molecule has 0 unspecified atom stereocenters. The van der Waals surface area contributed by atoms with Crippen LogP contribution in [0.5, 0.6) is 0 Å². The van der Waals surface area contributed by atoms with Gasteiger partial charge in [0.2, 0.25) is 0 Å². The van der Waals surface area contributed by atoms with E-state index in [0.717, 1.165) is 0 Å². The van der Waals surface area contributed by atoms with E-state index < -0.39 is 5.97 Å². The van der Waals surface area contributed by atoms with Gasteiger partial charge < -0.3 is 19.5 Å². The first-order valence-corrected chi connectivity index (χ1v) is 8.94. The minimum Gasteiger partial charge on any atom is -0.464 e. The van der Waals surface area contributed by atoms with Crippen molar-refractivity contribution >= 4 is 17.8 Å². The summed E-state index contributed by atoms with van der Waals surface area (Å²) in [6.45, 7) is 13.4. The maximum absolute atomic E-state index is 13.0. The number of ketones is 1. The lowest BCUT2D eigenvalue weighted by atomic mass is 10.0. The number of hydrogen-bond acceptors (Lipinski definition) is 4. The highest BCUT2D eigenvalue weighted by Crippen LogP contribution is 2.24. The van der Waals surface area contributed by atoms with Gasteiger partial charge in [-0.05, 0) is 54.0 Å². The number of carbonyl (C=O) groups is 3. The van der Waals surface area contributed by atoms with Gasteiger partial charge in [0.05, 0.1) is 13.7 Å². The lowest BCUT2D eigenvalue weighted by Crippen LogP contribution is -2.48. The van der Waals surface area contributed by atoms with Crippen LogP contribution in [0.2, 0.25) is 0 Å². The Bertz CT molecular complexity index is 689. The summed E-state index contributed by atoms with van der Waals surface area (Å²) in [7, 11) is 1.32. The molecule has 1 aromatic rings. The Morgan fingerprint density at radius 2 is 1.73 bits per heavy atom. The molecule has 0 radical (unpaired) electrons. The molecule has 0 aliphatic heterocycles. The summed E-state index contributed by atoms with van der Waals surface area (Å²) in [5, 5.41) is 2.82. The van der Waals surface area contributed by atoms with Gasteiger partial charge >= 0.3 is 12.0 Å². The number of urea groups is 1. The van der Waals surface area contributed by atoms with E-state index >= 15 is 0 Å². The molecule has 1 N–H and O–H groups in total. The Kier molecular flexibility index (Phi) is 7.41. The maximum atomic E-state index is 13.0. The molecule has 146 valence electrons. The maximum Gasteiger partial charge on any atom is 0.354 e. The predicted molar refractivity (Wildman–Crippen MR) is 101 cm³/mol. The fourth-order valence-corrected chi connectivity index (χ4v) is 3.11. The Labute approximate surface area is 155 Å². The summed E-state index contributed by atoms with van der Waals surface area (Å²) < 4.78 is 6.64. The van der Waals surface area contributed by atoms with Crippen molar-refractivity contribution in [2.24, 2.45) is 0 Å². The molecule has 0 aliphatic carbocycles. The fourth-order valence-electron chi connectivity index (χ4n) is 3.11. The summed E-state index contributed by atoms with van der Waals surface area (Å²) in [5.41, 5.74) is 2.17. The van der Waals surface area contributed by atoms with Crippen molar-refractivity contribution in [2.75, 3.05) is 13.7 Å². The highest BCUT2D eigenvalue weighted by Gasteiger charge is 2.29. The number of methoxy groups -OCH3 is 1. The van der Waals surface area contributed by atoms with Gasteiger partial charge in [0.1, 0.15) is 5.69 Å².